The summed E-state index contributed by atoms with van der Waals surface area (Å²) in [6, 6.07) is 10.9. The van der Waals surface area contributed by atoms with Crippen molar-refractivity contribution in [2.24, 2.45) is 0 Å². The molecule has 0 amide bonds. The monoisotopic (exact) mass is 214 g/mol. The molecule has 0 aliphatic heterocycles. The topological polar surface area (TPSA) is 27.0 Å². The molecule has 1 atom stereocenters. The van der Waals surface area contributed by atoms with Gasteiger partial charge in [-0.1, -0.05) is 24.3 Å². The Morgan fingerprint density at radius 3 is 2.69 bits per heavy atom. The molecule has 1 aromatic rings. The number of aryl methyl sites for hydroxylation is 1. The average molecular weight is 214 g/mol. The second-order valence-electron chi connectivity index (χ2n) is 4.73. The molecule has 1 aromatic carbocycles. The van der Waals surface area contributed by atoms with E-state index in [0.717, 1.165) is 19.3 Å². The van der Waals surface area contributed by atoms with Gasteiger partial charge < -0.3 is 0 Å². The maximum Gasteiger partial charge on any atom is 0.134 e. The first-order valence-corrected chi connectivity index (χ1v) is 5.88. The third-order valence-corrected chi connectivity index (χ3v) is 3.65. The summed E-state index contributed by atoms with van der Waals surface area (Å²) in [4.78, 5) is 2.07. The molecule has 0 aromatic heterocycles. The van der Waals surface area contributed by atoms with Gasteiger partial charge in [0.15, 0.2) is 0 Å². The van der Waals surface area contributed by atoms with E-state index in [0.29, 0.717) is 0 Å². The van der Waals surface area contributed by atoms with Crippen molar-refractivity contribution < 1.29 is 0 Å². The fourth-order valence-corrected chi connectivity index (χ4v) is 2.65. The first-order chi connectivity index (χ1) is 7.70. The minimum Gasteiger partial charge on any atom is -0.288 e. The molecule has 84 valence electrons. The van der Waals surface area contributed by atoms with Crippen molar-refractivity contribution in [1.29, 1.82) is 5.26 Å². The van der Waals surface area contributed by atoms with Crippen LogP contribution in [-0.4, -0.2) is 19.0 Å². The van der Waals surface area contributed by atoms with Gasteiger partial charge in [-0.15, -0.1) is 0 Å². The van der Waals surface area contributed by atoms with Crippen LogP contribution in [0.25, 0.3) is 0 Å². The molecule has 1 aliphatic rings. The van der Waals surface area contributed by atoms with Crippen LogP contribution < -0.4 is 0 Å². The Hall–Kier alpha value is -1.33. The Bertz CT molecular complexity index is 417. The lowest BCUT2D eigenvalue weighted by atomic mass is 9.85. The highest BCUT2D eigenvalue weighted by atomic mass is 15.1. The van der Waals surface area contributed by atoms with Gasteiger partial charge in [-0.2, -0.15) is 5.26 Å². The fourth-order valence-electron chi connectivity index (χ4n) is 2.65. The Morgan fingerprint density at radius 2 is 2.00 bits per heavy atom. The van der Waals surface area contributed by atoms with E-state index in [2.05, 4.69) is 29.2 Å². The SMILES string of the molecule is CN(C)C1(C#N)CCCCc2ccccc21. The van der Waals surface area contributed by atoms with Gasteiger partial charge in [-0.25, -0.2) is 0 Å². The van der Waals surface area contributed by atoms with Gasteiger partial charge >= 0.3 is 0 Å². The molecule has 0 heterocycles. The normalized spacial score (nSPS) is 24.6. The molecule has 0 fully saturated rings. The van der Waals surface area contributed by atoms with Crippen molar-refractivity contribution in [3.8, 4) is 6.07 Å². The van der Waals surface area contributed by atoms with Crippen molar-refractivity contribution in [3.05, 3.63) is 35.4 Å². The summed E-state index contributed by atoms with van der Waals surface area (Å²) in [5.74, 6) is 0. The molecule has 16 heavy (non-hydrogen) atoms. The molecule has 0 bridgehead atoms. The smallest absolute Gasteiger partial charge is 0.134 e. The van der Waals surface area contributed by atoms with Crippen LogP contribution in [0.1, 0.15) is 30.4 Å². The third kappa shape index (κ3) is 1.62. The van der Waals surface area contributed by atoms with Crippen LogP contribution in [0.5, 0.6) is 0 Å². The number of nitrogens with zero attached hydrogens (tertiary/aromatic N) is 2. The van der Waals surface area contributed by atoms with E-state index in [9.17, 15) is 5.26 Å². The van der Waals surface area contributed by atoms with Crippen molar-refractivity contribution in [3.63, 3.8) is 0 Å². The molecule has 1 unspecified atom stereocenters. The number of rotatable bonds is 1. The summed E-state index contributed by atoms with van der Waals surface area (Å²) in [6.45, 7) is 0. The van der Waals surface area contributed by atoms with Crippen molar-refractivity contribution >= 4 is 0 Å². The lowest BCUT2D eigenvalue weighted by Gasteiger charge is -2.34. The summed E-state index contributed by atoms with van der Waals surface area (Å²) in [5.41, 5.74) is 2.13. The fraction of sp³-hybridized carbons (Fsp3) is 0.500. The number of hydrogen-bond acceptors (Lipinski definition) is 2. The molecule has 0 saturated carbocycles. The largest absolute Gasteiger partial charge is 0.288 e. The van der Waals surface area contributed by atoms with Crippen molar-refractivity contribution in [2.45, 2.75) is 31.2 Å². The first-order valence-electron chi connectivity index (χ1n) is 5.88. The maximum absolute atomic E-state index is 9.59. The van der Waals surface area contributed by atoms with E-state index in [1.54, 1.807) is 0 Å². The Morgan fingerprint density at radius 1 is 1.25 bits per heavy atom. The highest BCUT2D eigenvalue weighted by molar-refractivity contribution is 5.39. The second-order valence-corrected chi connectivity index (χ2v) is 4.73. The van der Waals surface area contributed by atoms with E-state index in [1.807, 2.05) is 20.2 Å². The van der Waals surface area contributed by atoms with Crippen LogP contribution in [-0.2, 0) is 12.0 Å². The molecule has 0 saturated heterocycles. The summed E-state index contributed by atoms with van der Waals surface area (Å²) in [6.07, 6.45) is 4.36. The quantitative estimate of drug-likeness (QED) is 0.672. The molecule has 2 nitrogen and oxygen atoms in total. The zero-order chi connectivity index (χ0) is 11.6. The highest BCUT2D eigenvalue weighted by Crippen LogP contribution is 2.37. The van der Waals surface area contributed by atoms with Gasteiger partial charge in [-0.05, 0) is 50.9 Å². The Labute approximate surface area is 97.5 Å². The van der Waals surface area contributed by atoms with Crippen LogP contribution >= 0.6 is 0 Å². The summed E-state index contributed by atoms with van der Waals surface area (Å²) >= 11 is 0. The van der Waals surface area contributed by atoms with Crippen LogP contribution in [0, 0.1) is 11.3 Å². The van der Waals surface area contributed by atoms with Gasteiger partial charge in [0.2, 0.25) is 0 Å². The van der Waals surface area contributed by atoms with Crippen LogP contribution in [0.2, 0.25) is 0 Å². The molecular formula is C14H18N2. The highest BCUT2D eigenvalue weighted by Gasteiger charge is 2.37. The van der Waals surface area contributed by atoms with Crippen LogP contribution in [0.3, 0.4) is 0 Å². The van der Waals surface area contributed by atoms with E-state index in [-0.39, 0.29) is 0 Å². The Kier molecular flexibility index (Phi) is 2.98. The zero-order valence-electron chi connectivity index (χ0n) is 10.0. The number of hydrogen-bond donors (Lipinski definition) is 0. The Balaban J connectivity index is 2.59. The minimum absolute atomic E-state index is 0.424. The maximum atomic E-state index is 9.59. The van der Waals surface area contributed by atoms with E-state index < -0.39 is 5.54 Å². The van der Waals surface area contributed by atoms with E-state index in [4.69, 9.17) is 0 Å². The predicted molar refractivity (Wildman–Crippen MR) is 65.0 cm³/mol. The van der Waals surface area contributed by atoms with Gasteiger partial charge in [0.1, 0.15) is 5.54 Å². The van der Waals surface area contributed by atoms with Gasteiger partial charge in [0.25, 0.3) is 0 Å². The summed E-state index contributed by atoms with van der Waals surface area (Å²) in [5, 5.41) is 9.59. The molecule has 0 radical (unpaired) electrons. The zero-order valence-corrected chi connectivity index (χ0v) is 10.0. The number of benzene rings is 1. The minimum atomic E-state index is -0.424. The van der Waals surface area contributed by atoms with Crippen molar-refractivity contribution in [2.75, 3.05) is 14.1 Å². The molecule has 2 heteroatoms. The predicted octanol–water partition coefficient (Wildman–Crippen LogP) is 2.69. The van der Waals surface area contributed by atoms with E-state index >= 15 is 0 Å². The summed E-state index contributed by atoms with van der Waals surface area (Å²) in [7, 11) is 4.01. The molecular weight excluding hydrogens is 196 g/mol. The van der Waals surface area contributed by atoms with Crippen molar-refractivity contribution in [1.82, 2.24) is 4.90 Å². The lowest BCUT2D eigenvalue weighted by molar-refractivity contribution is 0.202. The molecule has 0 N–H and O–H groups in total. The summed E-state index contributed by atoms with van der Waals surface area (Å²) < 4.78 is 0. The van der Waals surface area contributed by atoms with Crippen LogP contribution in [0.15, 0.2) is 24.3 Å². The molecule has 2 rings (SSSR count). The number of fused-ring (bicyclic) bond motifs is 1. The van der Waals surface area contributed by atoms with Gasteiger partial charge in [0, 0.05) is 0 Å². The van der Waals surface area contributed by atoms with Gasteiger partial charge in [0.05, 0.1) is 6.07 Å². The molecule has 1 aliphatic carbocycles. The average Bonchev–Trinajstić information content (AvgIpc) is 2.49. The number of nitriles is 1. The third-order valence-electron chi connectivity index (χ3n) is 3.65. The first kappa shape index (κ1) is 11.2. The van der Waals surface area contributed by atoms with Crippen LogP contribution in [0.4, 0.5) is 0 Å². The lowest BCUT2D eigenvalue weighted by Crippen LogP contribution is -2.40. The van der Waals surface area contributed by atoms with Gasteiger partial charge in [-0.3, -0.25) is 4.90 Å². The molecule has 0 spiro atoms. The van der Waals surface area contributed by atoms with E-state index in [1.165, 1.54) is 17.5 Å². The standard InChI is InChI=1S/C14H18N2/c1-16(2)14(11-15)10-6-5-8-12-7-3-4-9-13(12)14/h3-4,7,9H,5-6,8,10H2,1-2H3. The second kappa shape index (κ2) is 4.27.